The van der Waals surface area contributed by atoms with Gasteiger partial charge in [0.05, 0.1) is 4.90 Å². The Kier molecular flexibility index (Phi) is 4.37. The van der Waals surface area contributed by atoms with Crippen LogP contribution < -0.4 is 5.32 Å². The fraction of sp³-hybridized carbons (Fsp3) is 0.538. The van der Waals surface area contributed by atoms with Crippen molar-refractivity contribution < 1.29 is 8.42 Å². The number of nitrogens with one attached hydrogen (secondary N) is 1. The normalized spacial score (nSPS) is 17.8. The van der Waals surface area contributed by atoms with Crippen molar-refractivity contribution in [3.05, 3.63) is 29.8 Å². The van der Waals surface area contributed by atoms with Crippen molar-refractivity contribution >= 4 is 10.0 Å². The van der Waals surface area contributed by atoms with Gasteiger partial charge in [-0.25, -0.2) is 8.42 Å². The number of rotatable bonds is 4. The van der Waals surface area contributed by atoms with Gasteiger partial charge in [0.25, 0.3) is 0 Å². The Balaban J connectivity index is 2.18. The molecule has 0 spiro atoms. The number of hydrogen-bond donors (Lipinski definition) is 1. The second-order valence-electron chi connectivity index (χ2n) is 4.64. The van der Waals surface area contributed by atoms with E-state index in [2.05, 4.69) is 5.32 Å². The van der Waals surface area contributed by atoms with E-state index < -0.39 is 10.0 Å². The van der Waals surface area contributed by atoms with Crippen LogP contribution in [0.15, 0.2) is 29.2 Å². The van der Waals surface area contributed by atoms with E-state index in [9.17, 15) is 8.42 Å². The third-order valence-corrected chi connectivity index (χ3v) is 5.17. The van der Waals surface area contributed by atoms with Crippen molar-refractivity contribution in [1.82, 2.24) is 9.62 Å². The van der Waals surface area contributed by atoms with Crippen molar-refractivity contribution in [1.29, 1.82) is 0 Å². The SMILES string of the molecule is CNCc1ccc(S(=O)(=O)N2CCCCC2)cc1. The van der Waals surface area contributed by atoms with Gasteiger partial charge in [-0.15, -0.1) is 0 Å². The number of nitrogens with zero attached hydrogens (tertiary/aromatic N) is 1. The van der Waals surface area contributed by atoms with E-state index in [1.54, 1.807) is 16.4 Å². The molecule has 0 saturated carbocycles. The Morgan fingerprint density at radius 3 is 2.28 bits per heavy atom. The van der Waals surface area contributed by atoms with Gasteiger partial charge >= 0.3 is 0 Å². The maximum atomic E-state index is 12.4. The highest BCUT2D eigenvalue weighted by atomic mass is 32.2. The minimum Gasteiger partial charge on any atom is -0.316 e. The molecule has 18 heavy (non-hydrogen) atoms. The maximum Gasteiger partial charge on any atom is 0.243 e. The summed E-state index contributed by atoms with van der Waals surface area (Å²) in [5.41, 5.74) is 1.09. The van der Waals surface area contributed by atoms with Crippen LogP contribution >= 0.6 is 0 Å². The second kappa shape index (κ2) is 5.82. The summed E-state index contributed by atoms with van der Waals surface area (Å²) < 4.78 is 26.3. The zero-order chi connectivity index (χ0) is 13.0. The first-order valence-electron chi connectivity index (χ1n) is 6.38. The average Bonchev–Trinajstić information content (AvgIpc) is 2.41. The highest BCUT2D eigenvalue weighted by Gasteiger charge is 2.25. The van der Waals surface area contributed by atoms with Gasteiger partial charge in [0.1, 0.15) is 0 Å². The van der Waals surface area contributed by atoms with Gasteiger partial charge in [-0.1, -0.05) is 18.6 Å². The molecular weight excluding hydrogens is 248 g/mol. The molecule has 1 aliphatic heterocycles. The summed E-state index contributed by atoms with van der Waals surface area (Å²) in [7, 11) is -1.41. The van der Waals surface area contributed by atoms with Crippen LogP contribution in [0.4, 0.5) is 0 Å². The summed E-state index contributed by atoms with van der Waals surface area (Å²) >= 11 is 0. The zero-order valence-electron chi connectivity index (χ0n) is 10.7. The highest BCUT2D eigenvalue weighted by molar-refractivity contribution is 7.89. The molecule has 0 bridgehead atoms. The molecule has 1 fully saturated rings. The smallest absolute Gasteiger partial charge is 0.243 e. The van der Waals surface area contributed by atoms with Crippen LogP contribution in [0.3, 0.4) is 0 Å². The summed E-state index contributed by atoms with van der Waals surface area (Å²) in [5.74, 6) is 0. The quantitative estimate of drug-likeness (QED) is 0.902. The lowest BCUT2D eigenvalue weighted by molar-refractivity contribution is 0.346. The molecule has 4 nitrogen and oxygen atoms in total. The fourth-order valence-electron chi connectivity index (χ4n) is 2.24. The Bertz CT molecular complexity index is 476. The lowest BCUT2D eigenvalue weighted by Crippen LogP contribution is -2.35. The number of hydrogen-bond acceptors (Lipinski definition) is 3. The molecule has 100 valence electrons. The van der Waals surface area contributed by atoms with Crippen LogP contribution in [0.2, 0.25) is 0 Å². The Morgan fingerprint density at radius 2 is 1.72 bits per heavy atom. The first-order valence-corrected chi connectivity index (χ1v) is 7.82. The average molecular weight is 268 g/mol. The summed E-state index contributed by atoms with van der Waals surface area (Å²) in [6.45, 7) is 2.06. The summed E-state index contributed by atoms with van der Waals surface area (Å²) in [6, 6.07) is 7.15. The molecule has 0 amide bonds. The third kappa shape index (κ3) is 2.91. The molecule has 5 heteroatoms. The Morgan fingerprint density at radius 1 is 1.11 bits per heavy atom. The van der Waals surface area contributed by atoms with E-state index in [1.165, 1.54) is 0 Å². The van der Waals surface area contributed by atoms with E-state index >= 15 is 0 Å². The molecule has 0 aromatic heterocycles. The zero-order valence-corrected chi connectivity index (χ0v) is 11.5. The number of sulfonamides is 1. The lowest BCUT2D eigenvalue weighted by Gasteiger charge is -2.25. The molecule has 0 radical (unpaired) electrons. The molecule has 2 rings (SSSR count). The summed E-state index contributed by atoms with van der Waals surface area (Å²) in [5, 5.41) is 3.05. The van der Waals surface area contributed by atoms with Gasteiger partial charge in [-0.2, -0.15) is 4.31 Å². The van der Waals surface area contributed by atoms with Gasteiger partial charge in [0, 0.05) is 19.6 Å². The van der Waals surface area contributed by atoms with E-state index in [0.717, 1.165) is 31.4 Å². The van der Waals surface area contributed by atoms with Crippen molar-refractivity contribution in [2.45, 2.75) is 30.7 Å². The van der Waals surface area contributed by atoms with Crippen LogP contribution in [0.5, 0.6) is 0 Å². The monoisotopic (exact) mass is 268 g/mol. The van der Waals surface area contributed by atoms with Gasteiger partial charge in [-0.05, 0) is 37.6 Å². The van der Waals surface area contributed by atoms with Crippen LogP contribution in [0, 0.1) is 0 Å². The van der Waals surface area contributed by atoms with Gasteiger partial charge in [0.2, 0.25) is 10.0 Å². The molecular formula is C13H20N2O2S. The second-order valence-corrected chi connectivity index (χ2v) is 6.58. The fourth-order valence-corrected chi connectivity index (χ4v) is 3.75. The van der Waals surface area contributed by atoms with Crippen molar-refractivity contribution in [3.63, 3.8) is 0 Å². The van der Waals surface area contributed by atoms with Crippen LogP contribution in [0.1, 0.15) is 24.8 Å². The molecule has 1 N–H and O–H groups in total. The maximum absolute atomic E-state index is 12.4. The van der Waals surface area contributed by atoms with Crippen LogP contribution in [0.25, 0.3) is 0 Å². The lowest BCUT2D eigenvalue weighted by atomic mass is 10.2. The minimum atomic E-state index is -3.28. The van der Waals surface area contributed by atoms with E-state index in [0.29, 0.717) is 18.0 Å². The standard InChI is InChI=1S/C13H20N2O2S/c1-14-11-12-5-7-13(8-6-12)18(16,17)15-9-3-2-4-10-15/h5-8,14H,2-4,9-11H2,1H3. The van der Waals surface area contributed by atoms with Crippen LogP contribution in [-0.2, 0) is 16.6 Å². The van der Waals surface area contributed by atoms with Crippen molar-refractivity contribution in [2.24, 2.45) is 0 Å². The molecule has 1 aliphatic rings. The Labute approximate surface area is 109 Å². The molecule has 1 heterocycles. The predicted octanol–water partition coefficient (Wildman–Crippen LogP) is 1.58. The molecule has 1 saturated heterocycles. The Hall–Kier alpha value is -0.910. The first-order chi connectivity index (χ1) is 8.64. The summed E-state index contributed by atoms with van der Waals surface area (Å²) in [4.78, 5) is 0.407. The van der Waals surface area contributed by atoms with E-state index in [4.69, 9.17) is 0 Å². The van der Waals surface area contributed by atoms with Crippen LogP contribution in [-0.4, -0.2) is 32.9 Å². The highest BCUT2D eigenvalue weighted by Crippen LogP contribution is 2.20. The first kappa shape index (κ1) is 13.5. The largest absolute Gasteiger partial charge is 0.316 e. The molecule has 1 aromatic rings. The van der Waals surface area contributed by atoms with Crippen molar-refractivity contribution in [3.8, 4) is 0 Å². The number of piperidine rings is 1. The van der Waals surface area contributed by atoms with Gasteiger partial charge in [-0.3, -0.25) is 0 Å². The third-order valence-electron chi connectivity index (χ3n) is 3.26. The van der Waals surface area contributed by atoms with Gasteiger partial charge < -0.3 is 5.32 Å². The summed E-state index contributed by atoms with van der Waals surface area (Å²) in [6.07, 6.45) is 3.07. The predicted molar refractivity (Wildman–Crippen MR) is 71.8 cm³/mol. The molecule has 1 aromatic carbocycles. The van der Waals surface area contributed by atoms with Crippen molar-refractivity contribution in [2.75, 3.05) is 20.1 Å². The topological polar surface area (TPSA) is 49.4 Å². The van der Waals surface area contributed by atoms with E-state index in [1.807, 2.05) is 19.2 Å². The molecule has 0 unspecified atom stereocenters. The molecule has 0 aliphatic carbocycles. The van der Waals surface area contributed by atoms with E-state index in [-0.39, 0.29) is 0 Å². The molecule has 0 atom stereocenters. The minimum absolute atomic E-state index is 0.407. The van der Waals surface area contributed by atoms with Gasteiger partial charge in [0.15, 0.2) is 0 Å². The number of benzene rings is 1.